The molecule has 0 bridgehead atoms. The molecule has 0 rings (SSSR count). The van der Waals surface area contributed by atoms with Gasteiger partial charge in [0, 0.05) is 12.8 Å². The monoisotopic (exact) mass is 1440 g/mol. The van der Waals surface area contributed by atoms with Crippen molar-refractivity contribution in [2.75, 3.05) is 47.5 Å². The van der Waals surface area contributed by atoms with Crippen LogP contribution in [-0.4, -0.2) is 82.3 Å². The van der Waals surface area contributed by atoms with E-state index in [1.807, 2.05) is 21.1 Å². The van der Waals surface area contributed by atoms with Crippen LogP contribution in [0.25, 0.3) is 0 Å². The third-order valence-electron chi connectivity index (χ3n) is 19.8. The van der Waals surface area contributed by atoms with E-state index in [2.05, 4.69) is 111 Å². The van der Waals surface area contributed by atoms with Crippen molar-refractivity contribution < 1.29 is 42.9 Å². The maximum absolute atomic E-state index is 13.0. The van der Waals surface area contributed by atoms with E-state index in [9.17, 15) is 19.5 Å². The molecule has 0 aliphatic carbocycles. The number of carbonyl (C=O) groups excluding carboxylic acids is 3. The van der Waals surface area contributed by atoms with E-state index in [0.717, 1.165) is 77.0 Å². The molecule has 0 saturated heterocycles. The van der Waals surface area contributed by atoms with Crippen molar-refractivity contribution in [1.29, 1.82) is 0 Å². The summed E-state index contributed by atoms with van der Waals surface area (Å²) in [4.78, 5) is 37.7. The second kappa shape index (κ2) is 83.8. The zero-order valence-electron chi connectivity index (χ0n) is 68.7. The number of quaternary nitrogens is 1. The first-order chi connectivity index (χ1) is 50.6. The number of likely N-dealkylation sites (N-methyl/N-ethyl adjacent to an activating group) is 1. The predicted molar refractivity (Wildman–Crippen MR) is 444 cm³/mol. The number of carbonyl (C=O) groups is 3. The van der Waals surface area contributed by atoms with Gasteiger partial charge in [0.25, 0.3) is 0 Å². The van der Waals surface area contributed by atoms with E-state index in [4.69, 9.17) is 18.9 Å². The zero-order valence-corrected chi connectivity index (χ0v) is 68.7. The second-order valence-electron chi connectivity index (χ2n) is 31.2. The molecule has 2 atom stereocenters. The van der Waals surface area contributed by atoms with E-state index in [1.54, 1.807) is 0 Å². The van der Waals surface area contributed by atoms with Crippen molar-refractivity contribution in [3.05, 3.63) is 97.2 Å². The van der Waals surface area contributed by atoms with E-state index in [0.29, 0.717) is 23.9 Å². The van der Waals surface area contributed by atoms with Gasteiger partial charge in [-0.15, -0.1) is 0 Å². The Kier molecular flexibility index (Phi) is 80.8. The average molecular weight is 1440 g/mol. The summed E-state index contributed by atoms with van der Waals surface area (Å²) >= 11 is 0. The molecule has 0 spiro atoms. The third-order valence-corrected chi connectivity index (χ3v) is 19.8. The Bertz CT molecular complexity index is 2030. The molecule has 0 amide bonds. The molecule has 0 aromatic heterocycles. The lowest BCUT2D eigenvalue weighted by atomic mass is 10.0. The van der Waals surface area contributed by atoms with Crippen LogP contribution in [0.4, 0.5) is 0 Å². The Hall–Kier alpha value is -3.79. The van der Waals surface area contributed by atoms with Gasteiger partial charge in [-0.3, -0.25) is 9.59 Å². The van der Waals surface area contributed by atoms with Crippen molar-refractivity contribution in [3.8, 4) is 0 Å². The van der Waals surface area contributed by atoms with Crippen molar-refractivity contribution in [1.82, 2.24) is 0 Å². The first kappa shape index (κ1) is 99.2. The highest BCUT2D eigenvalue weighted by Gasteiger charge is 2.22. The topological polar surface area (TPSA) is 111 Å². The van der Waals surface area contributed by atoms with Crippen molar-refractivity contribution in [2.24, 2.45) is 0 Å². The Morgan fingerprint density at radius 1 is 0.301 bits per heavy atom. The fourth-order valence-electron chi connectivity index (χ4n) is 13.1. The Morgan fingerprint density at radius 2 is 0.553 bits per heavy atom. The summed E-state index contributed by atoms with van der Waals surface area (Å²) in [5.74, 6) is -2.25. The first-order valence-electron chi connectivity index (χ1n) is 44.4. The normalized spacial score (nSPS) is 13.1. The number of nitrogens with zero attached hydrogens (tertiary/aromatic N) is 1. The summed E-state index contributed by atoms with van der Waals surface area (Å²) in [7, 11) is 5.95. The van der Waals surface area contributed by atoms with E-state index in [1.165, 1.54) is 315 Å². The number of hydrogen-bond acceptors (Lipinski definition) is 8. The molecule has 9 nitrogen and oxygen atoms in total. The summed E-state index contributed by atoms with van der Waals surface area (Å²) in [6, 6.07) is 0. The molecule has 0 saturated carbocycles. The zero-order chi connectivity index (χ0) is 74.6. The highest BCUT2D eigenvalue weighted by Crippen LogP contribution is 2.20. The van der Waals surface area contributed by atoms with Crippen molar-refractivity contribution in [2.45, 2.75) is 437 Å². The average Bonchev–Trinajstić information content (AvgIpc) is 1.16. The van der Waals surface area contributed by atoms with Gasteiger partial charge in [-0.05, 0) is 96.3 Å². The summed E-state index contributed by atoms with van der Waals surface area (Å²) in [6.07, 6.45) is 114. The van der Waals surface area contributed by atoms with Crippen LogP contribution in [0, 0.1) is 0 Å². The van der Waals surface area contributed by atoms with Crippen LogP contribution in [0.3, 0.4) is 0 Å². The minimum absolute atomic E-state index is 0.149. The fraction of sp³-hybridized carbons (Fsp3) is 0.798. The number of hydrogen-bond donors (Lipinski definition) is 0. The lowest BCUT2D eigenvalue weighted by molar-refractivity contribution is -0.870. The standard InChI is InChI=1S/C94H169NO8/c1-6-8-10-12-14-16-18-20-22-24-26-28-30-32-34-36-38-40-42-44-45-46-47-49-50-52-54-56-58-60-62-64-66-68-70-72-74-76-78-80-82-84-91(96)101-88-90(89-102-94(93(98)99)100-87-86-95(3,4)5)103-92(97)85-83-81-79-77-75-73-71-69-67-65-63-61-59-57-55-53-51-48-43-41-39-37-35-33-31-29-27-25-23-21-19-17-15-13-11-9-7-2/h9,11,15,17-18,20-21,23-24,26-27,29-30,32-33,35,90,94H,6-8,10,12-14,16,19,22,25,28,31,34,36-89H2,1-5H3/b11-9-,17-15-,20-18-,23-21-,26-24-,29-27-,32-30-,35-33-. The molecule has 0 aliphatic rings. The largest absolute Gasteiger partial charge is 0.545 e. The molecule has 0 N–H and O–H groups in total. The molecule has 0 radical (unpaired) electrons. The van der Waals surface area contributed by atoms with Gasteiger partial charge in [-0.1, -0.05) is 413 Å². The SMILES string of the molecule is CC/C=C\C/C=C\C/C=C\C/C=C\C/C=C\CCCCCCCCCCCCCCCCCCCCCCCC(=O)OC(COC(=O)CCCCCCCCCCCCCCCCCCCCCCCCCCCC/C=C\C/C=C\C/C=C\CCCCCCC)COC(OCC[N+](C)(C)C)C(=O)[O-]. The molecule has 9 heteroatoms. The molecule has 0 aliphatic heterocycles. The molecule has 0 aromatic carbocycles. The first-order valence-corrected chi connectivity index (χ1v) is 44.4. The van der Waals surface area contributed by atoms with Gasteiger partial charge in [0.2, 0.25) is 0 Å². The maximum atomic E-state index is 13.0. The van der Waals surface area contributed by atoms with E-state index in [-0.39, 0.29) is 32.2 Å². The number of allylic oxidation sites excluding steroid dienone is 16. The number of carboxylic acid groups (broad SMARTS) is 1. The van der Waals surface area contributed by atoms with Crippen LogP contribution >= 0.6 is 0 Å². The summed E-state index contributed by atoms with van der Waals surface area (Å²) in [6.45, 7) is 4.69. The smallest absolute Gasteiger partial charge is 0.306 e. The van der Waals surface area contributed by atoms with Gasteiger partial charge >= 0.3 is 11.9 Å². The molecule has 598 valence electrons. The Balaban J connectivity index is 3.92. The highest BCUT2D eigenvalue weighted by atomic mass is 16.7. The molecular formula is C94H169NO8. The van der Waals surface area contributed by atoms with Gasteiger partial charge < -0.3 is 33.3 Å². The van der Waals surface area contributed by atoms with Gasteiger partial charge in [0.15, 0.2) is 12.4 Å². The molecule has 0 aromatic rings. The van der Waals surface area contributed by atoms with Crippen molar-refractivity contribution >= 4 is 17.9 Å². The van der Waals surface area contributed by atoms with Gasteiger partial charge in [-0.25, -0.2) is 0 Å². The number of carboxylic acids is 1. The number of unbranched alkanes of at least 4 members (excludes halogenated alkanes) is 52. The minimum atomic E-state index is -1.62. The number of ether oxygens (including phenoxy) is 4. The van der Waals surface area contributed by atoms with Crippen LogP contribution in [0.1, 0.15) is 425 Å². The Labute approximate surface area is 639 Å². The molecule has 2 unspecified atom stereocenters. The quantitative estimate of drug-likeness (QED) is 0.0195. The van der Waals surface area contributed by atoms with Crippen LogP contribution < -0.4 is 5.11 Å². The Morgan fingerprint density at radius 3 is 0.825 bits per heavy atom. The number of aliphatic carboxylic acids is 1. The number of esters is 2. The third kappa shape index (κ3) is 85.3. The minimum Gasteiger partial charge on any atom is -0.545 e. The van der Waals surface area contributed by atoms with Gasteiger partial charge in [-0.2, -0.15) is 0 Å². The highest BCUT2D eigenvalue weighted by molar-refractivity contribution is 5.70. The predicted octanol–water partition coefficient (Wildman–Crippen LogP) is 27.7. The van der Waals surface area contributed by atoms with Crippen LogP contribution in [0.5, 0.6) is 0 Å². The van der Waals surface area contributed by atoms with Gasteiger partial charge in [0.1, 0.15) is 13.2 Å². The number of rotatable bonds is 83. The molecule has 0 heterocycles. The van der Waals surface area contributed by atoms with Crippen LogP contribution in [0.15, 0.2) is 97.2 Å². The molecule has 103 heavy (non-hydrogen) atoms. The summed E-state index contributed by atoms with van der Waals surface area (Å²) in [5, 5.41) is 11.9. The maximum Gasteiger partial charge on any atom is 0.306 e. The van der Waals surface area contributed by atoms with E-state index >= 15 is 0 Å². The van der Waals surface area contributed by atoms with Crippen LogP contribution in [0.2, 0.25) is 0 Å². The second-order valence-corrected chi connectivity index (χ2v) is 31.2. The lowest BCUT2D eigenvalue weighted by Crippen LogP contribution is -2.44. The van der Waals surface area contributed by atoms with Crippen molar-refractivity contribution in [3.63, 3.8) is 0 Å². The fourth-order valence-corrected chi connectivity index (χ4v) is 13.1. The van der Waals surface area contributed by atoms with E-state index < -0.39 is 24.3 Å². The lowest BCUT2D eigenvalue weighted by Gasteiger charge is -2.26. The summed E-state index contributed by atoms with van der Waals surface area (Å²) < 4.78 is 22.9. The van der Waals surface area contributed by atoms with Crippen LogP contribution in [-0.2, 0) is 33.3 Å². The molecular weight excluding hydrogens is 1270 g/mol. The summed E-state index contributed by atoms with van der Waals surface area (Å²) in [5.41, 5.74) is 0. The van der Waals surface area contributed by atoms with Gasteiger partial charge in [0.05, 0.1) is 40.3 Å². The molecule has 0 fully saturated rings.